The zero-order chi connectivity index (χ0) is 30.0. The quantitative estimate of drug-likeness (QED) is 0.261. The van der Waals surface area contributed by atoms with E-state index in [0.29, 0.717) is 25.9 Å². The zero-order valence-electron chi connectivity index (χ0n) is 23.8. The molecule has 2 unspecified atom stereocenters. The van der Waals surface area contributed by atoms with Crippen LogP contribution in [0.3, 0.4) is 0 Å². The molecule has 2 atom stereocenters. The molecule has 4 rings (SSSR count). The van der Waals surface area contributed by atoms with E-state index >= 15 is 0 Å². The number of rotatable bonds is 11. The molecule has 1 fully saturated rings. The first-order valence-electron chi connectivity index (χ1n) is 14.1. The summed E-state index contributed by atoms with van der Waals surface area (Å²) in [5.74, 6) is -0.423. The summed E-state index contributed by atoms with van der Waals surface area (Å²) in [5, 5.41) is 19.2. The summed E-state index contributed by atoms with van der Waals surface area (Å²) in [6.45, 7) is 1.16. The van der Waals surface area contributed by atoms with E-state index in [2.05, 4.69) is 10.6 Å². The third-order valence-electron chi connectivity index (χ3n) is 7.35. The normalized spacial score (nSPS) is 16.5. The van der Waals surface area contributed by atoms with Gasteiger partial charge in [-0.2, -0.15) is 0 Å². The fraction of sp³-hybridized carbons (Fsp3) is 0.312. The molecule has 0 saturated carbocycles. The van der Waals surface area contributed by atoms with Crippen molar-refractivity contribution >= 4 is 21.8 Å². The molecule has 0 aliphatic carbocycles. The fourth-order valence-corrected chi connectivity index (χ4v) is 5.83. The second-order valence-corrected chi connectivity index (χ2v) is 12.6. The van der Waals surface area contributed by atoms with Gasteiger partial charge in [-0.05, 0) is 36.1 Å². The highest BCUT2D eigenvalue weighted by Gasteiger charge is 2.29. The molecule has 0 radical (unpaired) electrons. The Morgan fingerprint density at radius 2 is 1.43 bits per heavy atom. The first kappa shape index (κ1) is 31.0. The van der Waals surface area contributed by atoms with Crippen LogP contribution in [0.5, 0.6) is 0 Å². The minimum atomic E-state index is -3.72. The highest BCUT2D eigenvalue weighted by molar-refractivity contribution is 7.94. The number of urea groups is 1. The number of likely N-dealkylation sites (N-methyl/N-ethyl adjacent to an activating group) is 1. The van der Waals surface area contributed by atoms with Gasteiger partial charge in [0.25, 0.3) is 0 Å². The number of hydroxylamine groups is 3. The van der Waals surface area contributed by atoms with Gasteiger partial charge in [-0.3, -0.25) is 4.79 Å². The van der Waals surface area contributed by atoms with Gasteiger partial charge in [0.1, 0.15) is 6.04 Å². The molecule has 0 spiro atoms. The summed E-state index contributed by atoms with van der Waals surface area (Å²) < 4.78 is 25.5. The molecular weight excluding hydrogens is 552 g/mol. The van der Waals surface area contributed by atoms with Gasteiger partial charge < -0.3 is 25.4 Å². The minimum Gasteiger partial charge on any atom is -0.633 e. The van der Waals surface area contributed by atoms with Crippen molar-refractivity contribution < 1.29 is 22.7 Å². The maximum Gasteiger partial charge on any atom is 0.318 e. The maximum absolute atomic E-state index is 13.7. The molecule has 1 heterocycles. The molecule has 0 bridgehead atoms. The van der Waals surface area contributed by atoms with Crippen LogP contribution in [-0.2, 0) is 27.5 Å². The minimum absolute atomic E-state index is 0.165. The lowest BCUT2D eigenvalue weighted by molar-refractivity contribution is -0.864. The Labute approximate surface area is 247 Å². The molecular formula is C32H38N4O5S. The largest absolute Gasteiger partial charge is 0.633 e. The second kappa shape index (κ2) is 14.3. The van der Waals surface area contributed by atoms with Gasteiger partial charge in [-0.1, -0.05) is 84.9 Å². The van der Waals surface area contributed by atoms with E-state index in [9.17, 15) is 23.2 Å². The van der Waals surface area contributed by atoms with Gasteiger partial charge in [-0.25, -0.2) is 13.2 Å². The number of hydrogen-bond acceptors (Lipinski definition) is 5. The first-order chi connectivity index (χ1) is 20.1. The Balaban J connectivity index is 1.52. The number of quaternary nitrogens is 1. The van der Waals surface area contributed by atoms with Crippen LogP contribution >= 0.6 is 0 Å². The monoisotopic (exact) mass is 590 g/mol. The lowest BCUT2D eigenvalue weighted by Gasteiger charge is -2.45. The number of hydrogen-bond donors (Lipinski definition) is 2. The van der Waals surface area contributed by atoms with Gasteiger partial charge in [0, 0.05) is 17.9 Å². The lowest BCUT2D eigenvalue weighted by atomic mass is 10.0. The van der Waals surface area contributed by atoms with Gasteiger partial charge >= 0.3 is 6.03 Å². The molecule has 10 heteroatoms. The van der Waals surface area contributed by atoms with Crippen molar-refractivity contribution in [3.63, 3.8) is 0 Å². The predicted molar refractivity (Wildman–Crippen MR) is 163 cm³/mol. The zero-order valence-corrected chi connectivity index (χ0v) is 24.6. The van der Waals surface area contributed by atoms with Crippen molar-refractivity contribution in [2.45, 2.75) is 36.2 Å². The molecule has 1 aliphatic rings. The van der Waals surface area contributed by atoms with Gasteiger partial charge in [0.2, 0.25) is 5.91 Å². The van der Waals surface area contributed by atoms with Crippen molar-refractivity contribution in [3.05, 3.63) is 119 Å². The summed E-state index contributed by atoms with van der Waals surface area (Å²) in [5.41, 5.74) is 1.92. The number of carbonyl (C=O) groups is 2. The summed E-state index contributed by atoms with van der Waals surface area (Å²) in [6.07, 6.45) is 2.81. The number of benzene rings is 3. The van der Waals surface area contributed by atoms with E-state index in [1.165, 1.54) is 18.2 Å². The predicted octanol–water partition coefficient (Wildman–Crippen LogP) is 3.67. The van der Waals surface area contributed by atoms with Crippen LogP contribution in [0, 0.1) is 5.21 Å². The Bertz CT molecular complexity index is 1440. The van der Waals surface area contributed by atoms with Crippen molar-refractivity contribution in [2.24, 2.45) is 0 Å². The van der Waals surface area contributed by atoms with Crippen LogP contribution < -0.4 is 10.6 Å². The van der Waals surface area contributed by atoms with Crippen molar-refractivity contribution in [1.82, 2.24) is 15.5 Å². The Morgan fingerprint density at radius 3 is 2.02 bits per heavy atom. The smallest absolute Gasteiger partial charge is 0.318 e. The first-order valence-corrected chi connectivity index (χ1v) is 15.6. The number of nitrogens with one attached hydrogen (secondary N) is 2. The summed E-state index contributed by atoms with van der Waals surface area (Å²) in [7, 11) is -2.14. The molecule has 3 aromatic rings. The van der Waals surface area contributed by atoms with Crippen LogP contribution in [0.1, 0.15) is 17.5 Å². The molecule has 1 saturated heterocycles. The average Bonchev–Trinajstić information content (AvgIpc) is 2.99. The third-order valence-corrected chi connectivity index (χ3v) is 8.79. The highest BCUT2D eigenvalue weighted by atomic mass is 32.2. The summed E-state index contributed by atoms with van der Waals surface area (Å²) >= 11 is 0. The number of aryl methyl sites for hydroxylation is 1. The van der Waals surface area contributed by atoms with Crippen molar-refractivity contribution in [2.75, 3.05) is 33.2 Å². The molecule has 3 aromatic carbocycles. The van der Waals surface area contributed by atoms with E-state index in [1.807, 2.05) is 60.7 Å². The number of amides is 3. The van der Waals surface area contributed by atoms with E-state index in [1.54, 1.807) is 30.1 Å². The molecule has 222 valence electrons. The van der Waals surface area contributed by atoms with E-state index in [0.717, 1.165) is 16.5 Å². The summed E-state index contributed by atoms with van der Waals surface area (Å²) in [6, 6.07) is 25.3. The lowest BCUT2D eigenvalue weighted by Crippen LogP contribution is -2.59. The fourth-order valence-electron chi connectivity index (χ4n) is 4.74. The SMILES string of the molecule is C[N+]1([O-])CCN(C(=O)NC(Cc2ccccc2)C(=O)NC(/C=C/S(=O)(=O)c2ccccc2)CCc2ccccc2)CC1. The standard InChI is InChI=1S/C32H38N4O5S/c1-36(39)22-20-35(21-23-36)32(38)34-30(25-27-13-7-3-8-14-27)31(37)33-28(18-17-26-11-5-2-6-12-26)19-24-42(40,41)29-15-9-4-10-16-29/h2-16,19,24,28,30H,17-18,20-23,25H2,1H3,(H,33,37)(H,34,38)/b24-19+. The average molecular weight is 591 g/mol. The van der Waals surface area contributed by atoms with Crippen LogP contribution in [-0.4, -0.2) is 75.2 Å². The van der Waals surface area contributed by atoms with Gasteiger partial charge in [0.15, 0.2) is 9.84 Å². The molecule has 1 aliphatic heterocycles. The molecule has 0 aromatic heterocycles. The van der Waals surface area contributed by atoms with Crippen LogP contribution in [0.4, 0.5) is 4.79 Å². The summed E-state index contributed by atoms with van der Waals surface area (Å²) in [4.78, 5) is 28.6. The van der Waals surface area contributed by atoms with Crippen molar-refractivity contribution in [3.8, 4) is 0 Å². The maximum atomic E-state index is 13.7. The Kier molecular flexibility index (Phi) is 10.5. The highest BCUT2D eigenvalue weighted by Crippen LogP contribution is 2.14. The molecule has 9 nitrogen and oxygen atoms in total. The number of nitrogens with zero attached hydrogens (tertiary/aromatic N) is 2. The second-order valence-electron chi connectivity index (χ2n) is 10.7. The molecule has 2 N–H and O–H groups in total. The van der Waals surface area contributed by atoms with Gasteiger partial charge in [-0.15, -0.1) is 0 Å². The molecule has 3 amide bonds. The van der Waals surface area contributed by atoms with E-state index in [4.69, 9.17) is 0 Å². The molecule has 42 heavy (non-hydrogen) atoms. The van der Waals surface area contributed by atoms with Crippen LogP contribution in [0.25, 0.3) is 0 Å². The van der Waals surface area contributed by atoms with Crippen LogP contribution in [0.15, 0.2) is 107 Å². The Morgan fingerprint density at radius 1 is 0.881 bits per heavy atom. The third kappa shape index (κ3) is 9.27. The number of piperazine rings is 1. The van der Waals surface area contributed by atoms with E-state index in [-0.39, 0.29) is 24.4 Å². The number of sulfone groups is 1. The topological polar surface area (TPSA) is 119 Å². The number of carbonyl (C=O) groups excluding carboxylic acids is 2. The van der Waals surface area contributed by atoms with Crippen LogP contribution in [0.2, 0.25) is 0 Å². The Hall–Kier alpha value is -3.99. The van der Waals surface area contributed by atoms with E-state index < -0.39 is 38.5 Å². The van der Waals surface area contributed by atoms with Gasteiger partial charge in [0.05, 0.1) is 38.1 Å². The van der Waals surface area contributed by atoms with Crippen molar-refractivity contribution in [1.29, 1.82) is 0 Å².